The minimum atomic E-state index is 0.0975. The smallest absolute Gasteiger partial charge is 0.0859 e. The number of hydrogen-bond donors (Lipinski definition) is 0. The Balaban J connectivity index is 1.67. The first-order chi connectivity index (χ1) is 12.8. The second-order valence-electron chi connectivity index (χ2n) is 10.5. The zero-order valence-corrected chi connectivity index (χ0v) is 18.9. The highest BCUT2D eigenvalue weighted by atomic mass is 15.5. The monoisotopic (exact) mass is 373 g/mol. The molecule has 0 aliphatic heterocycles. The molecule has 0 radical (unpaired) electrons. The van der Waals surface area contributed by atoms with Crippen molar-refractivity contribution in [3.63, 3.8) is 0 Å². The average molecular weight is 374 g/mol. The highest BCUT2D eigenvalue weighted by Gasteiger charge is 2.51. The van der Waals surface area contributed by atoms with E-state index < -0.39 is 0 Å². The standard InChI is InChI=1S/C24H43N3/c1-7-10-11-16-23(4,5)27-22-15-13-19-18(12-14-21(22)25-26-27)20(19)17-24(6,8-2)9-3/h18-20H,7-17H2,1-6H3/t18-,19+,20-/m1/s1. The van der Waals surface area contributed by atoms with Crippen LogP contribution in [0.2, 0.25) is 0 Å². The molecule has 0 amide bonds. The number of hydrogen-bond acceptors (Lipinski definition) is 2. The van der Waals surface area contributed by atoms with Gasteiger partial charge in [0, 0.05) is 0 Å². The molecule has 1 aromatic heterocycles. The maximum atomic E-state index is 4.65. The molecule has 2 aliphatic rings. The second kappa shape index (κ2) is 8.25. The van der Waals surface area contributed by atoms with E-state index >= 15 is 0 Å². The van der Waals surface area contributed by atoms with Crippen LogP contribution in [0, 0.1) is 23.2 Å². The zero-order chi connectivity index (χ0) is 19.7. The summed E-state index contributed by atoms with van der Waals surface area (Å²) in [5.74, 6) is 2.89. The van der Waals surface area contributed by atoms with Gasteiger partial charge >= 0.3 is 0 Å². The Morgan fingerprint density at radius 1 is 0.963 bits per heavy atom. The van der Waals surface area contributed by atoms with Crippen molar-refractivity contribution in [2.75, 3.05) is 0 Å². The fraction of sp³-hybridized carbons (Fsp3) is 0.917. The highest BCUT2D eigenvalue weighted by Crippen LogP contribution is 2.58. The Bertz CT molecular complexity index is 611. The van der Waals surface area contributed by atoms with Crippen LogP contribution in [0.4, 0.5) is 0 Å². The molecule has 2 aliphatic carbocycles. The molecule has 0 aromatic carbocycles. The third-order valence-electron chi connectivity index (χ3n) is 8.18. The predicted molar refractivity (Wildman–Crippen MR) is 114 cm³/mol. The molecule has 0 unspecified atom stereocenters. The third kappa shape index (κ3) is 4.43. The number of rotatable bonds is 9. The quantitative estimate of drug-likeness (QED) is 0.459. The number of aromatic nitrogens is 3. The Morgan fingerprint density at radius 2 is 1.63 bits per heavy atom. The fourth-order valence-corrected chi connectivity index (χ4v) is 5.57. The second-order valence-corrected chi connectivity index (χ2v) is 10.5. The number of nitrogens with zero attached hydrogens (tertiary/aromatic N) is 3. The van der Waals surface area contributed by atoms with Crippen LogP contribution < -0.4 is 0 Å². The van der Waals surface area contributed by atoms with Crippen LogP contribution >= 0.6 is 0 Å². The first-order valence-electron chi connectivity index (χ1n) is 11.8. The van der Waals surface area contributed by atoms with E-state index in [4.69, 9.17) is 0 Å². The summed E-state index contributed by atoms with van der Waals surface area (Å²) >= 11 is 0. The average Bonchev–Trinajstić information content (AvgIpc) is 3.07. The van der Waals surface area contributed by atoms with Gasteiger partial charge < -0.3 is 0 Å². The zero-order valence-electron chi connectivity index (χ0n) is 18.9. The molecule has 1 aromatic rings. The van der Waals surface area contributed by atoms with Gasteiger partial charge in [0.15, 0.2) is 0 Å². The van der Waals surface area contributed by atoms with Crippen molar-refractivity contribution in [1.29, 1.82) is 0 Å². The van der Waals surface area contributed by atoms with Crippen LogP contribution in [-0.4, -0.2) is 15.0 Å². The van der Waals surface area contributed by atoms with Crippen molar-refractivity contribution in [3.8, 4) is 0 Å². The Kier molecular flexibility index (Phi) is 6.37. The van der Waals surface area contributed by atoms with E-state index in [0.717, 1.165) is 24.2 Å². The lowest BCUT2D eigenvalue weighted by molar-refractivity contribution is 0.246. The largest absolute Gasteiger partial charge is 0.244 e. The van der Waals surface area contributed by atoms with Gasteiger partial charge in [0.05, 0.1) is 16.9 Å². The highest BCUT2D eigenvalue weighted by molar-refractivity contribution is 5.17. The first kappa shape index (κ1) is 20.9. The molecule has 3 atom stereocenters. The summed E-state index contributed by atoms with van der Waals surface area (Å²) in [6.07, 6.45) is 14.2. The molecule has 0 bridgehead atoms. The van der Waals surface area contributed by atoms with E-state index in [2.05, 4.69) is 56.5 Å². The van der Waals surface area contributed by atoms with Crippen molar-refractivity contribution in [3.05, 3.63) is 11.4 Å². The summed E-state index contributed by atoms with van der Waals surface area (Å²) in [7, 11) is 0. The summed E-state index contributed by atoms with van der Waals surface area (Å²) in [4.78, 5) is 0. The van der Waals surface area contributed by atoms with Gasteiger partial charge in [0.2, 0.25) is 0 Å². The molecule has 3 heteroatoms. The van der Waals surface area contributed by atoms with Gasteiger partial charge in [-0.3, -0.25) is 0 Å². The van der Waals surface area contributed by atoms with Crippen molar-refractivity contribution in [1.82, 2.24) is 15.0 Å². The molecule has 1 heterocycles. The minimum Gasteiger partial charge on any atom is -0.244 e. The number of fused-ring (bicyclic) bond motifs is 2. The molecule has 0 N–H and O–H groups in total. The molecule has 3 rings (SSSR count). The topological polar surface area (TPSA) is 30.7 Å². The van der Waals surface area contributed by atoms with Crippen molar-refractivity contribution >= 4 is 0 Å². The van der Waals surface area contributed by atoms with E-state index in [1.54, 1.807) is 0 Å². The van der Waals surface area contributed by atoms with E-state index in [1.807, 2.05) is 0 Å². The van der Waals surface area contributed by atoms with Crippen LogP contribution in [0.25, 0.3) is 0 Å². The molecular formula is C24H43N3. The lowest BCUT2D eigenvalue weighted by Crippen LogP contribution is -2.29. The SMILES string of the molecule is CCCCCC(C)(C)n1nnc2c1CC[C@H]1[C@@H](CC2)[C@H]1CC(C)(CC)CC. The lowest BCUT2D eigenvalue weighted by atomic mass is 9.79. The summed E-state index contributed by atoms with van der Waals surface area (Å²) in [5, 5.41) is 9.29. The van der Waals surface area contributed by atoms with Crippen LogP contribution in [0.1, 0.15) is 111 Å². The fourth-order valence-electron chi connectivity index (χ4n) is 5.57. The molecule has 1 saturated carbocycles. The van der Waals surface area contributed by atoms with Gasteiger partial charge in [-0.05, 0) is 75.5 Å². The summed E-state index contributed by atoms with van der Waals surface area (Å²) in [6, 6.07) is 0. The maximum Gasteiger partial charge on any atom is 0.0859 e. The molecular weight excluding hydrogens is 330 g/mol. The lowest BCUT2D eigenvalue weighted by Gasteiger charge is -2.27. The molecule has 154 valence electrons. The molecule has 3 nitrogen and oxygen atoms in total. The van der Waals surface area contributed by atoms with Crippen LogP contribution in [-0.2, 0) is 18.4 Å². The van der Waals surface area contributed by atoms with E-state index in [9.17, 15) is 0 Å². The van der Waals surface area contributed by atoms with Gasteiger partial charge in [-0.1, -0.05) is 65.0 Å². The minimum absolute atomic E-state index is 0.0975. The van der Waals surface area contributed by atoms with Crippen molar-refractivity contribution in [2.24, 2.45) is 23.2 Å². The van der Waals surface area contributed by atoms with Gasteiger partial charge in [-0.2, -0.15) is 0 Å². The van der Waals surface area contributed by atoms with Gasteiger partial charge in [0.25, 0.3) is 0 Å². The van der Waals surface area contributed by atoms with E-state index in [0.29, 0.717) is 5.41 Å². The van der Waals surface area contributed by atoms with E-state index in [-0.39, 0.29) is 5.54 Å². The van der Waals surface area contributed by atoms with Crippen molar-refractivity contribution in [2.45, 2.75) is 118 Å². The van der Waals surface area contributed by atoms with Gasteiger partial charge in [0.1, 0.15) is 0 Å². The van der Waals surface area contributed by atoms with Gasteiger partial charge in [-0.15, -0.1) is 5.10 Å². The Morgan fingerprint density at radius 3 is 2.26 bits per heavy atom. The van der Waals surface area contributed by atoms with Gasteiger partial charge in [-0.25, -0.2) is 4.68 Å². The summed E-state index contributed by atoms with van der Waals surface area (Å²) < 4.78 is 2.30. The van der Waals surface area contributed by atoms with Crippen LogP contribution in [0.5, 0.6) is 0 Å². The Labute approximate surface area is 167 Å². The third-order valence-corrected chi connectivity index (χ3v) is 8.18. The van der Waals surface area contributed by atoms with Crippen molar-refractivity contribution < 1.29 is 0 Å². The normalized spacial score (nSPS) is 25.5. The summed E-state index contributed by atoms with van der Waals surface area (Å²) in [6.45, 7) is 14.3. The molecule has 1 fully saturated rings. The first-order valence-corrected chi connectivity index (χ1v) is 11.8. The molecule has 27 heavy (non-hydrogen) atoms. The maximum absolute atomic E-state index is 4.65. The van der Waals surface area contributed by atoms with Crippen LogP contribution in [0.15, 0.2) is 0 Å². The molecule has 0 saturated heterocycles. The van der Waals surface area contributed by atoms with Crippen LogP contribution in [0.3, 0.4) is 0 Å². The summed E-state index contributed by atoms with van der Waals surface area (Å²) in [5.41, 5.74) is 3.40. The number of unbranched alkanes of at least 4 members (excludes halogenated alkanes) is 2. The Hall–Kier alpha value is -0.860. The predicted octanol–water partition coefficient (Wildman–Crippen LogP) is 6.55. The van der Waals surface area contributed by atoms with E-state index in [1.165, 1.54) is 75.6 Å². The number of aryl methyl sites for hydroxylation is 1. The molecule has 0 spiro atoms.